The summed E-state index contributed by atoms with van der Waals surface area (Å²) in [5.41, 5.74) is 2.19. The van der Waals surface area contributed by atoms with E-state index < -0.39 is 52.1 Å². The van der Waals surface area contributed by atoms with Gasteiger partial charge in [-0.05, 0) is 50.7 Å². The lowest BCUT2D eigenvalue weighted by molar-refractivity contribution is -0.132. The first-order valence-electron chi connectivity index (χ1n) is 9.72. The number of Topliss-reactive ketones (excluding diaryl/α,β-unsaturated/α-hetero) is 2. The molecule has 0 radical (unpaired) electrons. The molecule has 168 valence electrons. The molecular formula is C22H21ClN2O7. The van der Waals surface area contributed by atoms with Crippen LogP contribution in [0.3, 0.4) is 0 Å². The Bertz CT molecular complexity index is 1280. The highest BCUT2D eigenvalue weighted by Crippen LogP contribution is 2.51. The van der Waals surface area contributed by atoms with Crippen molar-refractivity contribution >= 4 is 39.8 Å². The summed E-state index contributed by atoms with van der Waals surface area (Å²) < 4.78 is 0. The number of amides is 1. The van der Waals surface area contributed by atoms with Gasteiger partial charge in [0.1, 0.15) is 22.8 Å². The number of primary amides is 1. The van der Waals surface area contributed by atoms with Crippen LogP contribution in [-0.4, -0.2) is 68.5 Å². The lowest BCUT2D eigenvalue weighted by atomic mass is 9.61. The Hall–Kier alpha value is -3.14. The summed E-state index contributed by atoms with van der Waals surface area (Å²) in [4.78, 5) is 40.0. The van der Waals surface area contributed by atoms with Crippen LogP contribution >= 0.6 is 11.6 Å². The van der Waals surface area contributed by atoms with Gasteiger partial charge in [-0.1, -0.05) is 11.6 Å². The highest BCUT2D eigenvalue weighted by molar-refractivity contribution is 6.37. The zero-order valence-electron chi connectivity index (χ0n) is 17.4. The van der Waals surface area contributed by atoms with E-state index in [1.165, 1.54) is 31.1 Å². The number of carbonyl (C=O) groups excluding carboxylic acids is 3. The van der Waals surface area contributed by atoms with Crippen LogP contribution in [0.5, 0.6) is 11.5 Å². The van der Waals surface area contributed by atoms with Crippen LogP contribution in [0.2, 0.25) is 5.02 Å². The second-order valence-electron chi connectivity index (χ2n) is 8.41. The van der Waals surface area contributed by atoms with Gasteiger partial charge in [0.15, 0.2) is 11.4 Å². The molecule has 0 aromatic heterocycles. The Balaban J connectivity index is 2.13. The Morgan fingerprint density at radius 2 is 1.81 bits per heavy atom. The molecule has 2 aromatic rings. The zero-order valence-corrected chi connectivity index (χ0v) is 18.2. The third-order valence-corrected chi connectivity index (χ3v) is 6.88. The van der Waals surface area contributed by atoms with E-state index in [9.17, 15) is 34.8 Å². The second kappa shape index (κ2) is 6.93. The third-order valence-electron chi connectivity index (χ3n) is 6.57. The van der Waals surface area contributed by atoms with E-state index >= 15 is 0 Å². The summed E-state index contributed by atoms with van der Waals surface area (Å²) in [6.45, 7) is 1.64. The van der Waals surface area contributed by atoms with Crippen molar-refractivity contribution in [2.24, 2.45) is 11.7 Å². The molecular weight excluding hydrogens is 440 g/mol. The fraction of sp³-hybridized carbons (Fsp3) is 0.318. The van der Waals surface area contributed by atoms with Crippen molar-refractivity contribution in [1.82, 2.24) is 4.90 Å². The molecule has 0 saturated heterocycles. The number of hydrogen-bond acceptors (Lipinski definition) is 8. The van der Waals surface area contributed by atoms with Crippen molar-refractivity contribution in [2.45, 2.75) is 25.0 Å². The molecule has 2 aromatic carbocycles. The van der Waals surface area contributed by atoms with E-state index in [1.54, 1.807) is 6.92 Å². The number of rotatable bonds is 2. The number of nitrogens with two attached hydrogens (primary N) is 1. The number of fused-ring (bicyclic) bond motifs is 3. The number of benzene rings is 2. The van der Waals surface area contributed by atoms with E-state index in [1.807, 2.05) is 0 Å². The fourth-order valence-corrected chi connectivity index (χ4v) is 5.40. The number of likely N-dealkylation sites (N-methyl/N-ethyl adjacent to an activating group) is 1. The maximum atomic E-state index is 13.6. The number of phenolic OH excluding ortho intramolecular Hbond substituents is 2. The highest BCUT2D eigenvalue weighted by Gasteiger charge is 2.62. The van der Waals surface area contributed by atoms with Gasteiger partial charge in [0.25, 0.3) is 5.91 Å². The van der Waals surface area contributed by atoms with E-state index in [2.05, 4.69) is 0 Å². The third kappa shape index (κ3) is 2.55. The summed E-state index contributed by atoms with van der Waals surface area (Å²) in [5.74, 6) is -6.49. The molecule has 0 aliphatic heterocycles. The van der Waals surface area contributed by atoms with Gasteiger partial charge in [-0.15, -0.1) is 0 Å². The van der Waals surface area contributed by atoms with Crippen molar-refractivity contribution in [2.75, 3.05) is 14.1 Å². The standard InChI is InChI=1S/C22H21ClN2O7/c1-7-8-6-9-16(25(2)3)18(28)15(21(24)31)20(30)22(9,32)19(29)13(8)17(27)14-11(26)5-4-10(23)12(7)14/h4-5,9,16,26-27,30,32H,6H2,1-3H3,(H2,24,31)/t9-,16-,22+/m0/s1. The van der Waals surface area contributed by atoms with E-state index in [0.717, 1.165) is 0 Å². The van der Waals surface area contributed by atoms with Gasteiger partial charge in [0, 0.05) is 16.3 Å². The monoisotopic (exact) mass is 460 g/mol. The molecule has 1 amide bonds. The normalized spacial score (nSPS) is 25.3. The summed E-state index contributed by atoms with van der Waals surface area (Å²) in [7, 11) is 3.06. The molecule has 0 saturated carbocycles. The van der Waals surface area contributed by atoms with Crippen molar-refractivity contribution in [3.63, 3.8) is 0 Å². The minimum atomic E-state index is -2.69. The van der Waals surface area contributed by atoms with E-state index in [4.69, 9.17) is 17.3 Å². The minimum Gasteiger partial charge on any atom is -0.508 e. The van der Waals surface area contributed by atoms with Gasteiger partial charge >= 0.3 is 0 Å². The van der Waals surface area contributed by atoms with Crippen LogP contribution in [0.25, 0.3) is 10.8 Å². The number of halogens is 1. The maximum Gasteiger partial charge on any atom is 0.255 e. The van der Waals surface area contributed by atoms with Crippen molar-refractivity contribution in [1.29, 1.82) is 0 Å². The fourth-order valence-electron chi connectivity index (χ4n) is 5.10. The summed E-state index contributed by atoms with van der Waals surface area (Å²) in [6, 6.07) is 1.54. The largest absolute Gasteiger partial charge is 0.508 e. The van der Waals surface area contributed by atoms with Crippen molar-refractivity contribution in [3.8, 4) is 11.5 Å². The molecule has 0 bridgehead atoms. The lowest BCUT2D eigenvalue weighted by Gasteiger charge is -2.47. The molecule has 0 spiro atoms. The summed E-state index contributed by atoms with van der Waals surface area (Å²) in [6.07, 6.45) is -0.108. The number of hydrogen-bond donors (Lipinski definition) is 5. The number of phenols is 2. The summed E-state index contributed by atoms with van der Waals surface area (Å²) in [5, 5.41) is 44.0. The van der Waals surface area contributed by atoms with Crippen molar-refractivity contribution < 1.29 is 34.8 Å². The number of aliphatic hydroxyl groups is 2. The number of aromatic hydroxyl groups is 2. The van der Waals surface area contributed by atoms with Gasteiger partial charge in [-0.25, -0.2) is 0 Å². The number of nitrogens with zero attached hydrogens (tertiary/aromatic N) is 1. The molecule has 0 heterocycles. The second-order valence-corrected chi connectivity index (χ2v) is 8.82. The molecule has 2 aliphatic carbocycles. The predicted octanol–water partition coefficient (Wildman–Crippen LogP) is 1.11. The molecule has 0 unspecified atom stereocenters. The lowest BCUT2D eigenvalue weighted by Crippen LogP contribution is -2.64. The van der Waals surface area contributed by atoms with Gasteiger partial charge in [-0.2, -0.15) is 0 Å². The number of ketones is 2. The van der Waals surface area contributed by atoms with Crippen LogP contribution in [0.15, 0.2) is 23.5 Å². The quantitative estimate of drug-likeness (QED) is 0.416. The van der Waals surface area contributed by atoms with E-state index in [0.29, 0.717) is 16.5 Å². The maximum absolute atomic E-state index is 13.6. The Morgan fingerprint density at radius 3 is 2.38 bits per heavy atom. The molecule has 32 heavy (non-hydrogen) atoms. The topological polar surface area (TPSA) is 161 Å². The Kier molecular flexibility index (Phi) is 4.78. The molecule has 4 rings (SSSR count). The van der Waals surface area contributed by atoms with Crippen molar-refractivity contribution in [3.05, 3.63) is 45.2 Å². The van der Waals surface area contributed by atoms with Crippen LogP contribution in [0, 0.1) is 12.8 Å². The van der Waals surface area contributed by atoms with Crippen LogP contribution in [0.4, 0.5) is 0 Å². The number of aliphatic hydroxyl groups excluding tert-OH is 1. The molecule has 0 fully saturated rings. The smallest absolute Gasteiger partial charge is 0.255 e. The molecule has 9 nitrogen and oxygen atoms in total. The van der Waals surface area contributed by atoms with Gasteiger partial charge in [0.05, 0.1) is 17.0 Å². The molecule has 2 aliphatic rings. The number of aryl methyl sites for hydroxylation is 1. The highest BCUT2D eigenvalue weighted by atomic mass is 35.5. The van der Waals surface area contributed by atoms with E-state index in [-0.39, 0.29) is 28.1 Å². The van der Waals surface area contributed by atoms with Gasteiger partial charge in [-0.3, -0.25) is 19.3 Å². The average molecular weight is 461 g/mol. The minimum absolute atomic E-state index is 0.0845. The molecule has 6 N–H and O–H groups in total. The first kappa shape index (κ1) is 22.1. The first-order valence-corrected chi connectivity index (χ1v) is 10.1. The predicted molar refractivity (Wildman–Crippen MR) is 115 cm³/mol. The van der Waals surface area contributed by atoms with Crippen LogP contribution in [0.1, 0.15) is 21.5 Å². The summed E-state index contributed by atoms with van der Waals surface area (Å²) >= 11 is 6.31. The number of carbonyl (C=O) groups is 3. The van der Waals surface area contributed by atoms with Gasteiger partial charge in [0.2, 0.25) is 5.78 Å². The van der Waals surface area contributed by atoms with Crippen LogP contribution in [-0.2, 0) is 16.0 Å². The first-order chi connectivity index (χ1) is 14.8. The SMILES string of the molecule is Cc1c2c(c(O)c3c(O)ccc(Cl)c13)C(=O)[C@@]1(O)C(O)=C(C(N)=O)C(=O)[C@@H](N(C)C)[C@@H]1C2. The molecule has 3 atom stereocenters. The molecule has 10 heteroatoms. The Labute approximate surface area is 187 Å². The Morgan fingerprint density at radius 1 is 1.19 bits per heavy atom. The average Bonchev–Trinajstić information content (AvgIpc) is 2.69. The van der Waals surface area contributed by atoms with Crippen LogP contribution < -0.4 is 5.73 Å². The van der Waals surface area contributed by atoms with Gasteiger partial charge < -0.3 is 26.2 Å². The zero-order chi connectivity index (χ0) is 23.9.